The summed E-state index contributed by atoms with van der Waals surface area (Å²) in [6.45, 7) is 2.21. The van der Waals surface area contributed by atoms with Crippen LogP contribution < -0.4 is 0 Å². The molecule has 0 heterocycles. The fraction of sp³-hybridized carbons (Fsp3) is 0.632. The van der Waals surface area contributed by atoms with Gasteiger partial charge in [-0.2, -0.15) is 0 Å². The third-order valence-corrected chi connectivity index (χ3v) is 3.31. The summed E-state index contributed by atoms with van der Waals surface area (Å²) in [5, 5.41) is 0. The Morgan fingerprint density at radius 2 is 1.38 bits per heavy atom. The molecule has 0 rings (SSSR count). The molecule has 0 aromatic rings. The van der Waals surface area contributed by atoms with E-state index in [1.54, 1.807) is 0 Å². The molecule has 0 radical (unpaired) electrons. The molecule has 0 N–H and O–H groups in total. The van der Waals surface area contributed by atoms with E-state index in [4.69, 9.17) is 0 Å². The van der Waals surface area contributed by atoms with Crippen LogP contribution in [-0.2, 0) is 9.53 Å². The number of hydrogen-bond donors (Lipinski definition) is 0. The quantitative estimate of drug-likeness (QED) is 0.245. The average Bonchev–Trinajstić information content (AvgIpc) is 2.50. The van der Waals surface area contributed by atoms with Gasteiger partial charge in [0.05, 0.1) is 7.11 Å². The van der Waals surface area contributed by atoms with E-state index < -0.39 is 0 Å². The number of methoxy groups -OCH3 is 1. The molecule has 120 valence electrons. The first-order valence-corrected chi connectivity index (χ1v) is 8.36. The maximum absolute atomic E-state index is 10.9. The highest BCUT2D eigenvalue weighted by atomic mass is 16.5. The Kier molecular flexibility index (Phi) is 15.7. The minimum absolute atomic E-state index is 0.0894. The van der Waals surface area contributed by atoms with Crippen molar-refractivity contribution in [2.75, 3.05) is 7.11 Å². The molecule has 0 saturated heterocycles. The van der Waals surface area contributed by atoms with Crippen LogP contribution in [0.2, 0.25) is 0 Å². The first kappa shape index (κ1) is 19.7. The monoisotopic (exact) mass is 292 g/mol. The average molecular weight is 292 g/mol. The van der Waals surface area contributed by atoms with E-state index in [0.29, 0.717) is 6.42 Å². The minimum Gasteiger partial charge on any atom is -0.469 e. The van der Waals surface area contributed by atoms with Gasteiger partial charge in [-0.1, -0.05) is 75.5 Å². The van der Waals surface area contributed by atoms with Crippen LogP contribution >= 0.6 is 0 Å². The van der Waals surface area contributed by atoms with Crippen molar-refractivity contribution in [1.29, 1.82) is 0 Å². The van der Waals surface area contributed by atoms with Crippen LogP contribution in [0, 0.1) is 0 Å². The molecular weight excluding hydrogens is 260 g/mol. The van der Waals surface area contributed by atoms with Crippen molar-refractivity contribution >= 4 is 5.97 Å². The molecule has 0 aliphatic carbocycles. The van der Waals surface area contributed by atoms with Crippen LogP contribution in [0.5, 0.6) is 0 Å². The highest BCUT2D eigenvalue weighted by Crippen LogP contribution is 2.08. The van der Waals surface area contributed by atoms with Crippen LogP contribution in [0.1, 0.15) is 71.1 Å². The van der Waals surface area contributed by atoms with Crippen LogP contribution in [0.4, 0.5) is 0 Å². The normalized spacial score (nSPS) is 11.9. The van der Waals surface area contributed by atoms with Crippen molar-refractivity contribution in [3.05, 3.63) is 36.5 Å². The largest absolute Gasteiger partial charge is 0.469 e. The summed E-state index contributed by atoms with van der Waals surface area (Å²) in [6, 6.07) is 0. The molecule has 0 unspecified atom stereocenters. The summed E-state index contributed by atoms with van der Waals surface area (Å²) in [5.41, 5.74) is 0. The second-order valence-electron chi connectivity index (χ2n) is 5.27. The molecule has 0 aromatic heterocycles. The zero-order valence-electron chi connectivity index (χ0n) is 13.9. The molecule has 0 aromatic carbocycles. The molecule has 0 bridgehead atoms. The number of esters is 1. The van der Waals surface area contributed by atoms with Crippen molar-refractivity contribution in [2.24, 2.45) is 0 Å². The lowest BCUT2D eigenvalue weighted by atomic mass is 10.1. The first-order valence-electron chi connectivity index (χ1n) is 8.36. The Labute approximate surface area is 131 Å². The number of unbranched alkanes of at least 4 members (excludes halogenated alkanes) is 7. The second kappa shape index (κ2) is 16.7. The summed E-state index contributed by atoms with van der Waals surface area (Å²) < 4.78 is 4.61. The molecule has 0 atom stereocenters. The van der Waals surface area contributed by atoms with E-state index in [-0.39, 0.29) is 5.97 Å². The van der Waals surface area contributed by atoms with Gasteiger partial charge in [0, 0.05) is 6.42 Å². The van der Waals surface area contributed by atoms with Gasteiger partial charge in [0.15, 0.2) is 0 Å². The Balaban J connectivity index is 3.30. The van der Waals surface area contributed by atoms with E-state index in [9.17, 15) is 4.79 Å². The number of hydrogen-bond acceptors (Lipinski definition) is 2. The molecule has 0 aliphatic rings. The van der Waals surface area contributed by atoms with E-state index in [1.807, 2.05) is 0 Å². The van der Waals surface area contributed by atoms with Crippen LogP contribution in [-0.4, -0.2) is 13.1 Å². The highest BCUT2D eigenvalue weighted by molar-refractivity contribution is 5.68. The zero-order valence-corrected chi connectivity index (χ0v) is 13.9. The number of allylic oxidation sites excluding steroid dienone is 6. The molecule has 0 fully saturated rings. The fourth-order valence-corrected chi connectivity index (χ4v) is 1.96. The van der Waals surface area contributed by atoms with Gasteiger partial charge in [0.25, 0.3) is 0 Å². The lowest BCUT2D eigenvalue weighted by Crippen LogP contribution is -1.98. The van der Waals surface area contributed by atoms with Crippen molar-refractivity contribution in [1.82, 2.24) is 0 Å². The molecule has 0 spiro atoms. The molecular formula is C19H32O2. The lowest BCUT2D eigenvalue weighted by Gasteiger charge is -1.99. The van der Waals surface area contributed by atoms with Crippen LogP contribution in [0.25, 0.3) is 0 Å². The SMILES string of the molecule is CCCC\C=C/C=C/C=C\CCCCCCCC(=O)OC. The number of carbonyl (C=O) groups excluding carboxylic acids is 1. The lowest BCUT2D eigenvalue weighted by molar-refractivity contribution is -0.140. The van der Waals surface area contributed by atoms with Crippen LogP contribution in [0.3, 0.4) is 0 Å². The predicted molar refractivity (Wildman–Crippen MR) is 91.3 cm³/mol. The predicted octanol–water partition coefficient (Wildman–Crippen LogP) is 5.75. The fourth-order valence-electron chi connectivity index (χ4n) is 1.96. The number of rotatable bonds is 13. The summed E-state index contributed by atoms with van der Waals surface area (Å²) >= 11 is 0. The second-order valence-corrected chi connectivity index (χ2v) is 5.27. The van der Waals surface area contributed by atoms with Gasteiger partial charge in [-0.25, -0.2) is 0 Å². The van der Waals surface area contributed by atoms with Crippen molar-refractivity contribution in [2.45, 2.75) is 71.1 Å². The summed E-state index contributed by atoms with van der Waals surface area (Å²) in [7, 11) is 1.45. The van der Waals surface area contributed by atoms with Crippen molar-refractivity contribution < 1.29 is 9.53 Å². The number of ether oxygens (including phenoxy) is 1. The highest BCUT2D eigenvalue weighted by Gasteiger charge is 1.98. The first-order chi connectivity index (χ1) is 10.3. The smallest absolute Gasteiger partial charge is 0.305 e. The molecule has 2 heteroatoms. The standard InChI is InChI=1S/C19H32O2/c1-3-4-5-6-7-8-9-10-11-12-13-14-15-16-17-18-19(20)21-2/h6-11H,3-5,12-18H2,1-2H3/b7-6-,9-8+,11-10-. The zero-order chi connectivity index (χ0) is 15.6. The van der Waals surface area contributed by atoms with Crippen LogP contribution in [0.15, 0.2) is 36.5 Å². The maximum atomic E-state index is 10.9. The summed E-state index contributed by atoms with van der Waals surface area (Å²) in [6.07, 6.45) is 24.1. The van der Waals surface area contributed by atoms with Gasteiger partial charge in [0.1, 0.15) is 0 Å². The Morgan fingerprint density at radius 1 is 0.810 bits per heavy atom. The van der Waals surface area contributed by atoms with Gasteiger partial charge >= 0.3 is 5.97 Å². The summed E-state index contributed by atoms with van der Waals surface area (Å²) in [5.74, 6) is -0.0894. The van der Waals surface area contributed by atoms with E-state index in [0.717, 1.165) is 19.3 Å². The third-order valence-electron chi connectivity index (χ3n) is 3.31. The van der Waals surface area contributed by atoms with Gasteiger partial charge < -0.3 is 4.74 Å². The van der Waals surface area contributed by atoms with Gasteiger partial charge in [-0.3, -0.25) is 4.79 Å². The molecule has 2 nitrogen and oxygen atoms in total. The molecule has 0 amide bonds. The van der Waals surface area contributed by atoms with Crippen molar-refractivity contribution in [3.63, 3.8) is 0 Å². The molecule has 0 saturated carbocycles. The minimum atomic E-state index is -0.0894. The molecule has 0 aliphatic heterocycles. The number of carbonyl (C=O) groups is 1. The summed E-state index contributed by atoms with van der Waals surface area (Å²) in [4.78, 5) is 10.9. The van der Waals surface area contributed by atoms with Gasteiger partial charge in [-0.05, 0) is 25.7 Å². The van der Waals surface area contributed by atoms with E-state index in [1.165, 1.54) is 45.6 Å². The van der Waals surface area contributed by atoms with E-state index in [2.05, 4.69) is 48.1 Å². The Morgan fingerprint density at radius 3 is 2.00 bits per heavy atom. The topological polar surface area (TPSA) is 26.3 Å². The Bertz CT molecular complexity index is 314. The third kappa shape index (κ3) is 16.6. The molecule has 21 heavy (non-hydrogen) atoms. The Hall–Kier alpha value is -1.31. The van der Waals surface area contributed by atoms with Gasteiger partial charge in [0.2, 0.25) is 0 Å². The van der Waals surface area contributed by atoms with Gasteiger partial charge in [-0.15, -0.1) is 0 Å². The van der Waals surface area contributed by atoms with E-state index >= 15 is 0 Å². The van der Waals surface area contributed by atoms with Crippen molar-refractivity contribution in [3.8, 4) is 0 Å². The maximum Gasteiger partial charge on any atom is 0.305 e.